The molecule has 0 spiro atoms. The minimum atomic E-state index is -0.481. The van der Waals surface area contributed by atoms with E-state index in [0.717, 1.165) is 11.3 Å². The first-order valence-electron chi connectivity index (χ1n) is 6.52. The quantitative estimate of drug-likeness (QED) is 0.265. The molecule has 1 atom stereocenters. The Labute approximate surface area is 144 Å². The average molecular weight is 414 g/mol. The molecule has 0 aliphatic carbocycles. The molecule has 2 aromatic heterocycles. The highest BCUT2D eigenvalue weighted by Crippen LogP contribution is 2.28. The zero-order chi connectivity index (χ0) is 15.0. The van der Waals surface area contributed by atoms with E-state index >= 15 is 0 Å². The van der Waals surface area contributed by atoms with E-state index in [9.17, 15) is 10.1 Å². The first-order chi connectivity index (χ1) is 10.1. The number of rotatable bonds is 3. The molecule has 1 aliphatic heterocycles. The summed E-state index contributed by atoms with van der Waals surface area (Å²) >= 11 is 0. The largest absolute Gasteiger partial charge is 1.00 e. The van der Waals surface area contributed by atoms with Gasteiger partial charge in [0.2, 0.25) is 5.95 Å². The van der Waals surface area contributed by atoms with Crippen molar-refractivity contribution in [3.05, 3.63) is 57.9 Å². The molecule has 0 radical (unpaired) electrons. The zero-order valence-electron chi connectivity index (χ0n) is 12.1. The third-order valence-corrected chi connectivity index (χ3v) is 3.69. The molecule has 3 rings (SSSR count). The zero-order valence-corrected chi connectivity index (χ0v) is 14.3. The van der Waals surface area contributed by atoms with Crippen molar-refractivity contribution in [3.8, 4) is 0 Å². The number of halogens is 1. The van der Waals surface area contributed by atoms with Crippen molar-refractivity contribution in [2.45, 2.75) is 19.4 Å². The molecule has 0 bridgehead atoms. The van der Waals surface area contributed by atoms with Gasteiger partial charge in [0.15, 0.2) is 17.9 Å². The van der Waals surface area contributed by atoms with E-state index in [2.05, 4.69) is 15.4 Å². The summed E-state index contributed by atoms with van der Waals surface area (Å²) in [5, 5.41) is 18.2. The van der Waals surface area contributed by atoms with Crippen LogP contribution in [0.3, 0.4) is 0 Å². The van der Waals surface area contributed by atoms with Crippen molar-refractivity contribution in [1.29, 1.82) is 0 Å². The molecule has 0 saturated heterocycles. The molecular weight excluding hydrogens is 399 g/mol. The first-order valence-corrected chi connectivity index (χ1v) is 6.52. The van der Waals surface area contributed by atoms with E-state index in [1.807, 2.05) is 36.9 Å². The molecule has 0 aromatic carbocycles. The second-order valence-corrected chi connectivity index (χ2v) is 4.97. The van der Waals surface area contributed by atoms with Crippen LogP contribution in [0, 0.1) is 17.0 Å². The molecule has 0 fully saturated rings. The van der Waals surface area contributed by atoms with Gasteiger partial charge in [0.1, 0.15) is 13.4 Å². The van der Waals surface area contributed by atoms with Gasteiger partial charge < -0.3 is 29.3 Å². The summed E-state index contributed by atoms with van der Waals surface area (Å²) in [7, 11) is 1.93. The molecule has 116 valence electrons. The molecule has 8 nitrogen and oxygen atoms in total. The van der Waals surface area contributed by atoms with Gasteiger partial charge in [-0.2, -0.15) is 10.1 Å². The Balaban J connectivity index is 0.00000176. The number of pyridine rings is 1. The fourth-order valence-corrected chi connectivity index (χ4v) is 2.58. The van der Waals surface area contributed by atoms with Crippen molar-refractivity contribution in [2.75, 3.05) is 5.32 Å². The molecule has 1 aliphatic rings. The van der Waals surface area contributed by atoms with Gasteiger partial charge >= 0.3 is 0 Å². The monoisotopic (exact) mass is 414 g/mol. The molecule has 0 amide bonds. The highest BCUT2D eigenvalue weighted by atomic mass is 127. The summed E-state index contributed by atoms with van der Waals surface area (Å²) in [6, 6.07) is 3.46. The Morgan fingerprint density at radius 2 is 2.32 bits per heavy atom. The highest BCUT2D eigenvalue weighted by molar-refractivity contribution is 5.35. The van der Waals surface area contributed by atoms with Gasteiger partial charge in [-0.3, -0.25) is 10.1 Å². The number of nitro groups is 1. The number of anilines is 1. The van der Waals surface area contributed by atoms with Crippen LogP contribution in [-0.2, 0) is 13.5 Å². The van der Waals surface area contributed by atoms with Crippen molar-refractivity contribution < 1.29 is 33.5 Å². The van der Waals surface area contributed by atoms with Crippen LogP contribution in [-0.4, -0.2) is 19.7 Å². The number of hydrogen-bond donors (Lipinski definition) is 1. The maximum atomic E-state index is 11.3. The van der Waals surface area contributed by atoms with Crippen LogP contribution in [0.1, 0.15) is 17.3 Å². The maximum Gasteiger partial charge on any atom is 0.287 e. The minimum absolute atomic E-state index is 0. The third kappa shape index (κ3) is 2.80. The number of nitrogens with zero attached hydrogens (tertiary/aromatic N) is 5. The van der Waals surface area contributed by atoms with Gasteiger partial charge in [0.05, 0.1) is 17.5 Å². The van der Waals surface area contributed by atoms with Gasteiger partial charge in [0.25, 0.3) is 5.70 Å². The summed E-state index contributed by atoms with van der Waals surface area (Å²) in [5.74, 6) is 0.516. The van der Waals surface area contributed by atoms with E-state index in [1.165, 1.54) is 12.5 Å². The van der Waals surface area contributed by atoms with Crippen molar-refractivity contribution in [2.24, 2.45) is 7.05 Å². The molecule has 2 aromatic rings. The van der Waals surface area contributed by atoms with Crippen molar-refractivity contribution in [1.82, 2.24) is 14.8 Å². The maximum absolute atomic E-state index is 11.3. The molecule has 22 heavy (non-hydrogen) atoms. The van der Waals surface area contributed by atoms with Gasteiger partial charge in [0, 0.05) is 11.6 Å². The van der Waals surface area contributed by atoms with Crippen molar-refractivity contribution >= 4 is 5.95 Å². The van der Waals surface area contributed by atoms with Crippen LogP contribution in [0.15, 0.2) is 36.6 Å². The first kappa shape index (κ1) is 16.3. The lowest BCUT2D eigenvalue weighted by atomic mass is 10.0. The second kappa shape index (κ2) is 6.38. The average Bonchev–Trinajstić information content (AvgIpc) is 2.91. The Kier molecular flexibility index (Phi) is 4.74. The standard InChI is InChI=1S/C13H15N6O2.HI/c1-9-4-3-5-17(2)10(9)6-11-12(19(20)21)7-14-13-15-8-16-18(11)13;/h3-5,7-8,11H,6H2,1-2H3,(H,14,15,16);1H/q+1;/p-1. The van der Waals surface area contributed by atoms with Crippen molar-refractivity contribution in [3.63, 3.8) is 0 Å². The van der Waals surface area contributed by atoms with Crippen LogP contribution in [0.25, 0.3) is 0 Å². The summed E-state index contributed by atoms with van der Waals surface area (Å²) in [4.78, 5) is 15.0. The predicted octanol–water partition coefficient (Wildman–Crippen LogP) is -2.26. The van der Waals surface area contributed by atoms with Gasteiger partial charge in [-0.1, -0.05) is 0 Å². The molecule has 0 saturated carbocycles. The van der Waals surface area contributed by atoms with Gasteiger partial charge in [-0.25, -0.2) is 9.25 Å². The summed E-state index contributed by atoms with van der Waals surface area (Å²) in [5.41, 5.74) is 2.19. The molecule has 1 N–H and O–H groups in total. The van der Waals surface area contributed by atoms with E-state index < -0.39 is 6.04 Å². The molecule has 1 unspecified atom stereocenters. The van der Waals surface area contributed by atoms with Crippen LogP contribution >= 0.6 is 0 Å². The Morgan fingerprint density at radius 3 is 3.00 bits per heavy atom. The van der Waals surface area contributed by atoms with Crippen LogP contribution < -0.4 is 33.9 Å². The molecule has 3 heterocycles. The number of aromatic nitrogens is 4. The summed E-state index contributed by atoms with van der Waals surface area (Å²) in [6.45, 7) is 1.99. The fraction of sp³-hybridized carbons (Fsp3) is 0.308. The number of hydrogen-bond acceptors (Lipinski definition) is 5. The smallest absolute Gasteiger partial charge is 0.287 e. The normalized spacial score (nSPS) is 16.1. The lowest BCUT2D eigenvalue weighted by Crippen LogP contribution is -3.00. The number of nitrogens with one attached hydrogen (secondary N) is 1. The highest BCUT2D eigenvalue weighted by Gasteiger charge is 2.35. The topological polar surface area (TPSA) is 89.8 Å². The summed E-state index contributed by atoms with van der Waals surface area (Å²) in [6.07, 6.45) is 5.20. The number of aryl methyl sites for hydroxylation is 2. The van der Waals surface area contributed by atoms with Gasteiger partial charge in [-0.15, -0.1) is 0 Å². The third-order valence-electron chi connectivity index (χ3n) is 3.69. The molecular formula is C13H15IN6O2. The Hall–Kier alpha value is -2.04. The van der Waals surface area contributed by atoms with Crippen LogP contribution in [0.5, 0.6) is 0 Å². The van der Waals surface area contributed by atoms with Crippen LogP contribution in [0.2, 0.25) is 0 Å². The predicted molar refractivity (Wildman–Crippen MR) is 73.8 cm³/mol. The van der Waals surface area contributed by atoms with E-state index in [-0.39, 0.29) is 34.6 Å². The number of allylic oxidation sites excluding steroid dienone is 1. The lowest BCUT2D eigenvalue weighted by molar-refractivity contribution is -0.679. The number of fused-ring (bicyclic) bond motifs is 1. The van der Waals surface area contributed by atoms with Crippen LogP contribution in [0.4, 0.5) is 5.95 Å². The fourth-order valence-electron chi connectivity index (χ4n) is 2.58. The van der Waals surface area contributed by atoms with E-state index in [4.69, 9.17) is 0 Å². The van der Waals surface area contributed by atoms with E-state index in [1.54, 1.807) is 4.68 Å². The minimum Gasteiger partial charge on any atom is -1.00 e. The second-order valence-electron chi connectivity index (χ2n) is 4.97. The Morgan fingerprint density at radius 1 is 1.55 bits per heavy atom. The Bertz CT molecular complexity index is 722. The van der Waals surface area contributed by atoms with E-state index in [0.29, 0.717) is 12.4 Å². The lowest BCUT2D eigenvalue weighted by Gasteiger charge is -2.20. The SMILES string of the molecule is Cc1ccc[n+](C)c1CC1C([N+](=O)[O-])=CNc2ncnn21.[I-]. The summed E-state index contributed by atoms with van der Waals surface area (Å²) < 4.78 is 3.54. The molecule has 9 heteroatoms. The van der Waals surface area contributed by atoms with Gasteiger partial charge in [-0.05, 0) is 13.0 Å².